The topological polar surface area (TPSA) is 103 Å². The number of carbonyl (C=O) groups excluding carboxylic acids is 1. The Morgan fingerprint density at radius 2 is 1.75 bits per heavy atom. The third-order valence-corrected chi connectivity index (χ3v) is 6.13. The molecule has 8 nitrogen and oxygen atoms in total. The lowest BCUT2D eigenvalue weighted by molar-refractivity contribution is -0.116. The molecule has 0 aromatic heterocycles. The average molecular weight is 455 g/mol. The molecule has 4 rings (SSSR count). The second-order valence-corrected chi connectivity index (χ2v) is 8.78. The van der Waals surface area contributed by atoms with Gasteiger partial charge in [0.05, 0.1) is 4.90 Å². The zero-order valence-corrected chi connectivity index (χ0v) is 17.9. The molecule has 2 N–H and O–H groups in total. The lowest BCUT2D eigenvalue weighted by Gasteiger charge is -2.10. The highest BCUT2D eigenvalue weighted by Crippen LogP contribution is 2.35. The zero-order valence-electron chi connectivity index (χ0n) is 17.1. The maximum absolute atomic E-state index is 12.2. The predicted molar refractivity (Wildman–Crippen MR) is 118 cm³/mol. The number of fused-ring (bicyclic) bond motifs is 1. The number of rotatable bonds is 9. The summed E-state index contributed by atoms with van der Waals surface area (Å²) in [6.07, 6.45) is 0.00396. The molecule has 9 heteroatoms. The van der Waals surface area contributed by atoms with Crippen LogP contribution in [-0.4, -0.2) is 27.7 Å². The Kier molecular flexibility index (Phi) is 6.58. The highest BCUT2D eigenvalue weighted by atomic mass is 32.2. The molecule has 1 aliphatic rings. The minimum absolute atomic E-state index is 0.00396. The van der Waals surface area contributed by atoms with E-state index in [0.29, 0.717) is 29.5 Å². The number of anilines is 1. The van der Waals surface area contributed by atoms with E-state index in [-0.39, 0.29) is 30.6 Å². The van der Waals surface area contributed by atoms with E-state index in [1.165, 1.54) is 12.1 Å². The van der Waals surface area contributed by atoms with Gasteiger partial charge >= 0.3 is 0 Å². The summed E-state index contributed by atoms with van der Waals surface area (Å²) in [6, 6.07) is 20.6. The minimum Gasteiger partial charge on any atom is -0.489 e. The minimum atomic E-state index is -3.64. The molecule has 0 atom stereocenters. The summed E-state index contributed by atoms with van der Waals surface area (Å²) in [5.41, 5.74) is 1.47. The van der Waals surface area contributed by atoms with Crippen molar-refractivity contribution in [1.29, 1.82) is 0 Å². The van der Waals surface area contributed by atoms with Crippen molar-refractivity contribution in [2.45, 2.75) is 17.9 Å². The molecule has 3 aromatic rings. The standard InChI is InChI=1S/C23H22N2O6S/c26-23(11-12-24-32(27,28)20-7-2-1-3-8-20)25-18-6-4-5-17(13-18)15-29-19-9-10-21-22(14-19)31-16-30-21/h1-10,13-14,24H,11-12,15-16H2,(H,25,26). The van der Waals surface area contributed by atoms with E-state index in [0.717, 1.165) is 5.56 Å². The van der Waals surface area contributed by atoms with Crippen molar-refractivity contribution in [3.8, 4) is 17.2 Å². The number of hydrogen-bond donors (Lipinski definition) is 2. The molecule has 0 fully saturated rings. The maximum Gasteiger partial charge on any atom is 0.240 e. The number of hydrogen-bond acceptors (Lipinski definition) is 6. The van der Waals surface area contributed by atoms with Gasteiger partial charge in [0.15, 0.2) is 11.5 Å². The number of nitrogens with one attached hydrogen (secondary N) is 2. The van der Waals surface area contributed by atoms with Gasteiger partial charge in [0.25, 0.3) is 0 Å². The van der Waals surface area contributed by atoms with Crippen LogP contribution in [0.5, 0.6) is 17.2 Å². The molecule has 166 valence electrons. The summed E-state index contributed by atoms with van der Waals surface area (Å²) in [4.78, 5) is 12.4. The highest BCUT2D eigenvalue weighted by Gasteiger charge is 2.15. The van der Waals surface area contributed by atoms with Crippen LogP contribution < -0.4 is 24.2 Å². The van der Waals surface area contributed by atoms with Crippen molar-refractivity contribution in [3.05, 3.63) is 78.4 Å². The second kappa shape index (κ2) is 9.71. The highest BCUT2D eigenvalue weighted by molar-refractivity contribution is 7.89. The van der Waals surface area contributed by atoms with E-state index in [4.69, 9.17) is 14.2 Å². The van der Waals surface area contributed by atoms with Crippen molar-refractivity contribution < 1.29 is 27.4 Å². The molecule has 0 unspecified atom stereocenters. The summed E-state index contributed by atoms with van der Waals surface area (Å²) in [6.45, 7) is 0.504. The Labute approximate surface area is 186 Å². The molecule has 0 radical (unpaired) electrons. The summed E-state index contributed by atoms with van der Waals surface area (Å²) in [7, 11) is -3.64. The molecule has 1 aliphatic heterocycles. The molecule has 0 spiro atoms. The third-order valence-electron chi connectivity index (χ3n) is 4.66. The first-order valence-electron chi connectivity index (χ1n) is 9.95. The molecular formula is C23H22N2O6S. The van der Waals surface area contributed by atoms with Crippen molar-refractivity contribution in [2.24, 2.45) is 0 Å². The Balaban J connectivity index is 1.26. The van der Waals surface area contributed by atoms with Crippen molar-refractivity contribution in [1.82, 2.24) is 4.72 Å². The lowest BCUT2D eigenvalue weighted by Crippen LogP contribution is -2.27. The molecule has 3 aromatic carbocycles. The molecule has 1 heterocycles. The fourth-order valence-corrected chi connectivity index (χ4v) is 4.13. The predicted octanol–water partition coefficient (Wildman–Crippen LogP) is 3.30. The Morgan fingerprint density at radius 3 is 2.59 bits per heavy atom. The smallest absolute Gasteiger partial charge is 0.240 e. The van der Waals surface area contributed by atoms with E-state index in [1.807, 2.05) is 12.1 Å². The number of amides is 1. The average Bonchev–Trinajstić information content (AvgIpc) is 3.26. The van der Waals surface area contributed by atoms with Gasteiger partial charge in [-0.1, -0.05) is 30.3 Å². The van der Waals surface area contributed by atoms with Crippen LogP contribution in [0.25, 0.3) is 0 Å². The van der Waals surface area contributed by atoms with E-state index < -0.39 is 10.0 Å². The molecule has 0 saturated heterocycles. The number of ether oxygens (including phenoxy) is 3. The maximum atomic E-state index is 12.2. The van der Waals surface area contributed by atoms with Crippen LogP contribution >= 0.6 is 0 Å². The molecule has 0 bridgehead atoms. The van der Waals surface area contributed by atoms with Crippen LogP contribution in [0.15, 0.2) is 77.7 Å². The Bertz CT molecular complexity index is 1200. The fourth-order valence-electron chi connectivity index (χ4n) is 3.08. The number of carbonyl (C=O) groups is 1. The lowest BCUT2D eigenvalue weighted by atomic mass is 10.2. The second-order valence-electron chi connectivity index (χ2n) is 7.01. The number of sulfonamides is 1. The summed E-state index contributed by atoms with van der Waals surface area (Å²) >= 11 is 0. The van der Waals surface area contributed by atoms with Crippen LogP contribution in [0, 0.1) is 0 Å². The molecular weight excluding hydrogens is 432 g/mol. The first-order chi connectivity index (χ1) is 15.5. The van der Waals surface area contributed by atoms with Gasteiger partial charge in [-0.3, -0.25) is 4.79 Å². The summed E-state index contributed by atoms with van der Waals surface area (Å²) < 4.78 is 43.2. The van der Waals surface area contributed by atoms with Gasteiger partial charge in [-0.25, -0.2) is 13.1 Å². The number of benzene rings is 3. The van der Waals surface area contributed by atoms with E-state index in [9.17, 15) is 13.2 Å². The summed E-state index contributed by atoms with van der Waals surface area (Å²) in [5, 5.41) is 2.77. The van der Waals surface area contributed by atoms with Crippen LogP contribution in [0.3, 0.4) is 0 Å². The van der Waals surface area contributed by atoms with Crippen molar-refractivity contribution >= 4 is 21.6 Å². The van der Waals surface area contributed by atoms with E-state index in [1.54, 1.807) is 48.5 Å². The van der Waals surface area contributed by atoms with Gasteiger partial charge in [0, 0.05) is 24.7 Å². The van der Waals surface area contributed by atoms with Crippen LogP contribution in [0.2, 0.25) is 0 Å². The summed E-state index contributed by atoms with van der Waals surface area (Å²) in [5.74, 6) is 1.68. The largest absolute Gasteiger partial charge is 0.489 e. The van der Waals surface area contributed by atoms with Gasteiger partial charge < -0.3 is 19.5 Å². The molecule has 1 amide bonds. The zero-order chi connectivity index (χ0) is 22.4. The van der Waals surface area contributed by atoms with E-state index in [2.05, 4.69) is 10.0 Å². The van der Waals surface area contributed by atoms with Gasteiger partial charge in [-0.05, 0) is 42.0 Å². The molecule has 0 saturated carbocycles. The van der Waals surface area contributed by atoms with Crippen molar-refractivity contribution in [2.75, 3.05) is 18.7 Å². The van der Waals surface area contributed by atoms with Crippen molar-refractivity contribution in [3.63, 3.8) is 0 Å². The quantitative estimate of drug-likeness (QED) is 0.514. The van der Waals surface area contributed by atoms with Gasteiger partial charge in [-0.2, -0.15) is 0 Å². The molecule has 0 aliphatic carbocycles. The van der Waals surface area contributed by atoms with Gasteiger partial charge in [0.2, 0.25) is 22.7 Å². The third kappa shape index (κ3) is 5.57. The molecule has 32 heavy (non-hydrogen) atoms. The van der Waals surface area contributed by atoms with Crippen LogP contribution in [0.4, 0.5) is 5.69 Å². The van der Waals surface area contributed by atoms with Gasteiger partial charge in [-0.15, -0.1) is 0 Å². The van der Waals surface area contributed by atoms with Crippen LogP contribution in [0.1, 0.15) is 12.0 Å². The fraction of sp³-hybridized carbons (Fsp3) is 0.174. The Morgan fingerprint density at radius 1 is 0.938 bits per heavy atom. The Hall–Kier alpha value is -3.56. The van der Waals surface area contributed by atoms with E-state index >= 15 is 0 Å². The van der Waals surface area contributed by atoms with Crippen LogP contribution in [-0.2, 0) is 21.4 Å². The first kappa shape index (κ1) is 21.7. The SMILES string of the molecule is O=C(CCNS(=O)(=O)c1ccccc1)Nc1cccc(COc2ccc3c(c2)OCO3)c1. The monoisotopic (exact) mass is 454 g/mol. The first-order valence-corrected chi connectivity index (χ1v) is 11.4. The normalized spacial score (nSPS) is 12.4. The van der Waals surface area contributed by atoms with Gasteiger partial charge in [0.1, 0.15) is 12.4 Å².